The monoisotopic (exact) mass is 156 g/mol. The molecule has 1 unspecified atom stereocenters. The van der Waals surface area contributed by atoms with Crippen molar-refractivity contribution in [1.82, 2.24) is 0 Å². The number of rotatable bonds is 1. The molecular formula is C6H13NaO3. The van der Waals surface area contributed by atoms with E-state index in [-0.39, 0.29) is 35.7 Å². The van der Waals surface area contributed by atoms with E-state index in [4.69, 9.17) is 9.90 Å². The maximum atomic E-state index is 9.90. The predicted molar refractivity (Wildman–Crippen MR) is 33.1 cm³/mol. The minimum atomic E-state index is -0.833. The summed E-state index contributed by atoms with van der Waals surface area (Å²) in [6.07, 6.45) is 0.384. The molecule has 0 fully saturated rings. The Hall–Kier alpha value is 0.430. The molecule has 10 heavy (non-hydrogen) atoms. The molecule has 1 atom stereocenters. The van der Waals surface area contributed by atoms with Gasteiger partial charge in [0.2, 0.25) is 0 Å². The van der Waals surface area contributed by atoms with Gasteiger partial charge in [-0.25, -0.2) is 0 Å². The fraction of sp³-hybridized carbons (Fsp3) is 0.833. The number of aliphatic carboxylic acids is 1. The number of hydrogen-bond donors (Lipinski definition) is 1. The van der Waals surface area contributed by atoms with E-state index in [1.165, 1.54) is 0 Å². The molecule has 1 N–H and O–H groups in total. The van der Waals surface area contributed by atoms with Crippen LogP contribution in [0.3, 0.4) is 0 Å². The minimum Gasteiger partial charge on any atom is -0.852 e. The number of carboxylic acid groups (broad SMARTS) is 1. The van der Waals surface area contributed by atoms with Crippen molar-refractivity contribution in [2.24, 2.45) is 0 Å². The van der Waals surface area contributed by atoms with Gasteiger partial charge in [-0.1, -0.05) is 20.3 Å². The topological polar surface area (TPSA) is 60.4 Å². The van der Waals surface area contributed by atoms with E-state index in [1.54, 1.807) is 6.92 Å². The molecule has 0 rings (SSSR count). The largest absolute Gasteiger partial charge is 1.00 e. The van der Waals surface area contributed by atoms with Crippen molar-refractivity contribution in [3.8, 4) is 0 Å². The van der Waals surface area contributed by atoms with Gasteiger partial charge in [0.15, 0.2) is 0 Å². The van der Waals surface area contributed by atoms with E-state index in [0.29, 0.717) is 0 Å². The molecule has 0 aromatic carbocycles. The van der Waals surface area contributed by atoms with E-state index in [2.05, 4.69) is 0 Å². The van der Waals surface area contributed by atoms with Gasteiger partial charge in [0.05, 0.1) is 0 Å². The molecule has 0 amide bonds. The van der Waals surface area contributed by atoms with Crippen LogP contribution in [0.15, 0.2) is 0 Å². The summed E-state index contributed by atoms with van der Waals surface area (Å²) < 4.78 is 0. The molecule has 4 heteroatoms. The third-order valence-electron chi connectivity index (χ3n) is 0.575. The first-order valence-corrected chi connectivity index (χ1v) is 2.86. The summed E-state index contributed by atoms with van der Waals surface area (Å²) in [4.78, 5) is 9.00. The van der Waals surface area contributed by atoms with Gasteiger partial charge in [0, 0.05) is 6.92 Å². The molecule has 0 saturated carbocycles. The van der Waals surface area contributed by atoms with E-state index in [0.717, 1.165) is 13.3 Å². The van der Waals surface area contributed by atoms with Crippen LogP contribution in [0, 0.1) is 0 Å². The summed E-state index contributed by atoms with van der Waals surface area (Å²) in [5, 5.41) is 17.3. The van der Waals surface area contributed by atoms with Gasteiger partial charge in [-0.15, -0.1) is 6.10 Å². The zero-order valence-corrected chi connectivity index (χ0v) is 9.05. The molecule has 0 saturated heterocycles. The van der Waals surface area contributed by atoms with Crippen LogP contribution >= 0.6 is 0 Å². The van der Waals surface area contributed by atoms with Crippen LogP contribution in [0.1, 0.15) is 27.2 Å². The summed E-state index contributed by atoms with van der Waals surface area (Å²) in [5.41, 5.74) is 0. The molecule has 0 aromatic heterocycles. The third-order valence-corrected chi connectivity index (χ3v) is 0.575. The van der Waals surface area contributed by atoms with Gasteiger partial charge in [-0.3, -0.25) is 4.79 Å². The Kier molecular flexibility index (Phi) is 20.4. The third kappa shape index (κ3) is 78.8. The van der Waals surface area contributed by atoms with E-state index in [1.807, 2.05) is 6.92 Å². The number of carbonyl (C=O) groups is 1. The predicted octanol–water partition coefficient (Wildman–Crippen LogP) is -2.76. The molecule has 0 aliphatic rings. The zero-order chi connectivity index (χ0) is 7.86. The van der Waals surface area contributed by atoms with Crippen molar-refractivity contribution in [2.75, 3.05) is 0 Å². The first-order chi connectivity index (χ1) is 4.00. The van der Waals surface area contributed by atoms with Gasteiger partial charge in [-0.2, -0.15) is 0 Å². The van der Waals surface area contributed by atoms with Crippen molar-refractivity contribution in [3.63, 3.8) is 0 Å². The van der Waals surface area contributed by atoms with Crippen LogP contribution in [-0.2, 0) is 4.79 Å². The first kappa shape index (κ1) is 16.8. The van der Waals surface area contributed by atoms with Crippen molar-refractivity contribution in [3.05, 3.63) is 0 Å². The summed E-state index contributed by atoms with van der Waals surface area (Å²) in [5.74, 6) is -0.833. The minimum absolute atomic E-state index is 0. The molecular weight excluding hydrogens is 143 g/mol. The van der Waals surface area contributed by atoms with Crippen LogP contribution in [0.2, 0.25) is 0 Å². The average molecular weight is 156 g/mol. The summed E-state index contributed by atoms with van der Waals surface area (Å²) >= 11 is 0. The molecule has 56 valence electrons. The standard InChI is InChI=1S/C4H9O.C2H4O2.Na/c1-3-4(2)5;1-2(3)4;/h4H,3H2,1-2H3;1H3,(H,3,4);/q-1;;+1. The Bertz CT molecular complexity index is 69.4. The first-order valence-electron chi connectivity index (χ1n) is 2.86. The Morgan fingerprint density at radius 3 is 1.80 bits per heavy atom. The van der Waals surface area contributed by atoms with E-state index >= 15 is 0 Å². The molecule has 0 aliphatic carbocycles. The molecule has 0 heterocycles. The SMILES string of the molecule is CC(=O)O.CCC(C)[O-].[Na+]. The molecule has 0 aliphatic heterocycles. The number of carboxylic acids is 1. The fourth-order valence-electron chi connectivity index (χ4n) is 0. The quantitative estimate of drug-likeness (QED) is 0.418. The molecule has 0 spiro atoms. The van der Waals surface area contributed by atoms with Gasteiger partial charge >= 0.3 is 29.6 Å². The summed E-state index contributed by atoms with van der Waals surface area (Å²) in [7, 11) is 0. The van der Waals surface area contributed by atoms with Gasteiger partial charge in [-0.05, 0) is 0 Å². The van der Waals surface area contributed by atoms with Gasteiger partial charge in [0.25, 0.3) is 5.97 Å². The second kappa shape index (κ2) is 12.1. The van der Waals surface area contributed by atoms with Crippen LogP contribution in [0.5, 0.6) is 0 Å². The number of hydrogen-bond acceptors (Lipinski definition) is 2. The molecule has 3 nitrogen and oxygen atoms in total. The van der Waals surface area contributed by atoms with Crippen molar-refractivity contribution < 1.29 is 44.6 Å². The smallest absolute Gasteiger partial charge is 0.852 e. The Morgan fingerprint density at radius 2 is 1.80 bits per heavy atom. The van der Waals surface area contributed by atoms with Crippen LogP contribution in [0.4, 0.5) is 0 Å². The van der Waals surface area contributed by atoms with Gasteiger partial charge < -0.3 is 10.2 Å². The summed E-state index contributed by atoms with van der Waals surface area (Å²) in [6.45, 7) is 4.64. The van der Waals surface area contributed by atoms with Crippen molar-refractivity contribution >= 4 is 5.97 Å². The maximum absolute atomic E-state index is 9.90. The molecule has 0 bridgehead atoms. The fourth-order valence-corrected chi connectivity index (χ4v) is 0. The molecule has 0 aromatic rings. The second-order valence-electron chi connectivity index (χ2n) is 1.74. The normalized spacial score (nSPS) is 10.0. The summed E-state index contributed by atoms with van der Waals surface area (Å²) in [6, 6.07) is 0. The van der Waals surface area contributed by atoms with Crippen LogP contribution in [0.25, 0.3) is 0 Å². The van der Waals surface area contributed by atoms with Crippen molar-refractivity contribution in [1.29, 1.82) is 0 Å². The Labute approximate surface area is 83.7 Å². The Balaban J connectivity index is -0.0000000910. The zero-order valence-electron chi connectivity index (χ0n) is 7.05. The van der Waals surface area contributed by atoms with Crippen LogP contribution < -0.4 is 34.7 Å². The van der Waals surface area contributed by atoms with Crippen molar-refractivity contribution in [2.45, 2.75) is 33.3 Å². The molecule has 0 radical (unpaired) electrons. The van der Waals surface area contributed by atoms with E-state index in [9.17, 15) is 5.11 Å². The van der Waals surface area contributed by atoms with E-state index < -0.39 is 5.97 Å². The second-order valence-corrected chi connectivity index (χ2v) is 1.74. The maximum Gasteiger partial charge on any atom is 1.00 e. The Morgan fingerprint density at radius 1 is 1.70 bits per heavy atom. The van der Waals surface area contributed by atoms with Crippen LogP contribution in [-0.4, -0.2) is 17.2 Å². The van der Waals surface area contributed by atoms with Gasteiger partial charge in [0.1, 0.15) is 0 Å². The average Bonchev–Trinajstić information content (AvgIpc) is 1.65.